The molecular weight excluding hydrogens is 252 g/mol. The Kier molecular flexibility index (Phi) is 5.80. The molecule has 2 unspecified atom stereocenters. The number of carbonyl (C=O) groups excluding carboxylic acids is 1. The summed E-state index contributed by atoms with van der Waals surface area (Å²) in [4.78, 5) is 28.9. The summed E-state index contributed by atoms with van der Waals surface area (Å²) in [5.41, 5.74) is 0. The van der Waals surface area contributed by atoms with E-state index in [0.29, 0.717) is 12.2 Å². The second-order valence-corrected chi connectivity index (χ2v) is 3.98. The highest BCUT2D eigenvalue weighted by atomic mass is 16.4. The molecule has 19 heavy (non-hydrogen) atoms. The van der Waals surface area contributed by atoms with Crippen LogP contribution in [0.5, 0.6) is 0 Å². The number of nitrogens with one attached hydrogen (secondary N) is 3. The van der Waals surface area contributed by atoms with Crippen LogP contribution in [0, 0.1) is 0 Å². The summed E-state index contributed by atoms with van der Waals surface area (Å²) in [7, 11) is 0. The van der Waals surface area contributed by atoms with E-state index in [1.54, 1.807) is 12.4 Å². The molecule has 1 aromatic heterocycles. The molecule has 0 saturated carbocycles. The van der Waals surface area contributed by atoms with Gasteiger partial charge in [-0.05, 0) is 6.42 Å². The molecule has 2 amide bonds. The monoisotopic (exact) mass is 270 g/mol. The van der Waals surface area contributed by atoms with Gasteiger partial charge in [-0.15, -0.1) is 0 Å². The van der Waals surface area contributed by atoms with Gasteiger partial charge >= 0.3 is 12.0 Å². The lowest BCUT2D eigenvalue weighted by atomic mass is 10.2. The molecule has 0 aliphatic heterocycles. The Balaban J connectivity index is 2.32. The Morgan fingerprint density at radius 2 is 2.26 bits per heavy atom. The van der Waals surface area contributed by atoms with Gasteiger partial charge in [0, 0.05) is 25.4 Å². The van der Waals surface area contributed by atoms with Gasteiger partial charge in [-0.1, -0.05) is 6.92 Å². The third kappa shape index (κ3) is 4.96. The maximum atomic E-state index is 11.6. The molecule has 0 spiro atoms. The van der Waals surface area contributed by atoms with Crippen molar-refractivity contribution in [2.45, 2.75) is 31.9 Å². The van der Waals surface area contributed by atoms with Crippen molar-refractivity contribution < 1.29 is 19.8 Å². The van der Waals surface area contributed by atoms with Gasteiger partial charge < -0.3 is 25.8 Å². The minimum absolute atomic E-state index is 0.0414. The Morgan fingerprint density at radius 1 is 1.53 bits per heavy atom. The van der Waals surface area contributed by atoms with Crippen molar-refractivity contribution >= 4 is 12.0 Å². The van der Waals surface area contributed by atoms with Crippen molar-refractivity contribution in [1.29, 1.82) is 0 Å². The Hall–Kier alpha value is -2.09. The quantitative estimate of drug-likeness (QED) is 0.476. The van der Waals surface area contributed by atoms with Crippen LogP contribution in [0.25, 0.3) is 0 Å². The zero-order valence-corrected chi connectivity index (χ0v) is 10.6. The number of H-pyrrole nitrogens is 1. The number of aromatic nitrogens is 2. The van der Waals surface area contributed by atoms with E-state index in [1.807, 2.05) is 6.92 Å². The molecule has 8 heteroatoms. The zero-order valence-electron chi connectivity index (χ0n) is 10.6. The molecule has 1 aromatic rings. The Bertz CT molecular complexity index is 407. The van der Waals surface area contributed by atoms with E-state index < -0.39 is 18.1 Å². The molecule has 106 valence electrons. The highest BCUT2D eigenvalue weighted by Gasteiger charge is 2.16. The molecular formula is C11H18N4O4. The van der Waals surface area contributed by atoms with E-state index in [9.17, 15) is 9.59 Å². The highest BCUT2D eigenvalue weighted by Crippen LogP contribution is 2.10. The normalized spacial score (nSPS) is 13.6. The van der Waals surface area contributed by atoms with Crippen molar-refractivity contribution in [2.75, 3.05) is 6.54 Å². The molecule has 0 radical (unpaired) electrons. The topological polar surface area (TPSA) is 127 Å². The fourth-order valence-corrected chi connectivity index (χ4v) is 1.49. The van der Waals surface area contributed by atoms with Crippen molar-refractivity contribution in [3.63, 3.8) is 0 Å². The molecule has 5 N–H and O–H groups in total. The molecule has 0 aliphatic rings. The summed E-state index contributed by atoms with van der Waals surface area (Å²) in [6, 6.07) is -0.666. The molecule has 8 nitrogen and oxygen atoms in total. The van der Waals surface area contributed by atoms with Crippen LogP contribution in [0.3, 0.4) is 0 Å². The minimum Gasteiger partial charge on any atom is -0.479 e. The smallest absolute Gasteiger partial charge is 0.332 e. The predicted molar refractivity (Wildman–Crippen MR) is 66.4 cm³/mol. The first-order valence-electron chi connectivity index (χ1n) is 5.99. The summed E-state index contributed by atoms with van der Waals surface area (Å²) in [6.07, 6.45) is 2.42. The summed E-state index contributed by atoms with van der Waals surface area (Å²) in [5.74, 6) is -0.646. The van der Waals surface area contributed by atoms with Crippen LogP contribution in [0.15, 0.2) is 12.4 Å². The second-order valence-electron chi connectivity index (χ2n) is 3.98. The third-order valence-corrected chi connectivity index (χ3v) is 2.55. The number of hydrogen-bond acceptors (Lipinski definition) is 4. The van der Waals surface area contributed by atoms with Gasteiger partial charge in [0.05, 0.1) is 6.04 Å². The van der Waals surface area contributed by atoms with Crippen LogP contribution in [0.4, 0.5) is 4.79 Å². The van der Waals surface area contributed by atoms with Gasteiger partial charge in [-0.3, -0.25) is 0 Å². The number of imidazole rings is 1. The number of hydrogen-bond donors (Lipinski definition) is 5. The van der Waals surface area contributed by atoms with E-state index >= 15 is 0 Å². The summed E-state index contributed by atoms with van der Waals surface area (Å²) < 4.78 is 0. The number of nitrogens with zero attached hydrogens (tertiary/aromatic N) is 1. The van der Waals surface area contributed by atoms with Crippen LogP contribution in [0.1, 0.15) is 31.6 Å². The van der Waals surface area contributed by atoms with E-state index in [1.165, 1.54) is 0 Å². The van der Waals surface area contributed by atoms with Crippen LogP contribution in [-0.4, -0.2) is 44.8 Å². The fraction of sp³-hybridized carbons (Fsp3) is 0.545. The molecule has 0 aromatic carbocycles. The number of carbonyl (C=O) groups is 2. The third-order valence-electron chi connectivity index (χ3n) is 2.55. The Labute approximate surface area is 110 Å². The second kappa shape index (κ2) is 7.37. The maximum absolute atomic E-state index is 11.6. The SMILES string of the molecule is CCC(NC(=O)NCCC(O)C(=O)O)c1ncc[nH]1. The number of aliphatic carboxylic acids is 1. The van der Waals surface area contributed by atoms with Gasteiger partial charge in [-0.25, -0.2) is 14.6 Å². The average Bonchev–Trinajstić information content (AvgIpc) is 2.89. The van der Waals surface area contributed by atoms with Gasteiger partial charge in [-0.2, -0.15) is 0 Å². The highest BCUT2D eigenvalue weighted by molar-refractivity contribution is 5.74. The van der Waals surface area contributed by atoms with E-state index in [2.05, 4.69) is 20.6 Å². The average molecular weight is 270 g/mol. The van der Waals surface area contributed by atoms with Crippen LogP contribution in [-0.2, 0) is 4.79 Å². The van der Waals surface area contributed by atoms with Gasteiger partial charge in [0.1, 0.15) is 5.82 Å². The van der Waals surface area contributed by atoms with Crippen LogP contribution >= 0.6 is 0 Å². The fourth-order valence-electron chi connectivity index (χ4n) is 1.49. The van der Waals surface area contributed by atoms with Crippen molar-refractivity contribution in [3.05, 3.63) is 18.2 Å². The number of urea groups is 1. The molecule has 0 aliphatic carbocycles. The largest absolute Gasteiger partial charge is 0.479 e. The standard InChI is InChI=1S/C11H18N4O4/c1-2-7(9-12-5-6-13-9)15-11(19)14-4-3-8(16)10(17)18/h5-8,16H,2-4H2,1H3,(H,12,13)(H,17,18)(H2,14,15,19). The van der Waals surface area contributed by atoms with Gasteiger partial charge in [0.25, 0.3) is 0 Å². The molecule has 1 rings (SSSR count). The number of carboxylic acids is 1. The van der Waals surface area contributed by atoms with Crippen molar-refractivity contribution in [2.24, 2.45) is 0 Å². The number of rotatable bonds is 7. The van der Waals surface area contributed by atoms with Gasteiger partial charge in [0.2, 0.25) is 0 Å². The first kappa shape index (κ1) is 15.0. The molecule has 1 heterocycles. The van der Waals surface area contributed by atoms with Crippen LogP contribution in [0.2, 0.25) is 0 Å². The predicted octanol–water partition coefficient (Wildman–Crippen LogP) is -0.00440. The first-order valence-corrected chi connectivity index (χ1v) is 5.99. The number of aliphatic hydroxyl groups excluding tert-OH is 1. The van der Waals surface area contributed by atoms with Crippen LogP contribution < -0.4 is 10.6 Å². The summed E-state index contributed by atoms with van der Waals surface area (Å²) in [5, 5.41) is 22.7. The summed E-state index contributed by atoms with van der Waals surface area (Å²) in [6.45, 7) is 1.98. The first-order chi connectivity index (χ1) is 9.04. The number of aromatic amines is 1. The molecule has 0 saturated heterocycles. The number of aliphatic hydroxyl groups is 1. The van der Waals surface area contributed by atoms with Gasteiger partial charge in [0.15, 0.2) is 6.10 Å². The van der Waals surface area contributed by atoms with E-state index in [0.717, 1.165) is 0 Å². The van der Waals surface area contributed by atoms with E-state index in [-0.39, 0.29) is 19.0 Å². The minimum atomic E-state index is -1.47. The zero-order chi connectivity index (χ0) is 14.3. The Morgan fingerprint density at radius 3 is 2.79 bits per heavy atom. The number of carboxylic acid groups (broad SMARTS) is 1. The lowest BCUT2D eigenvalue weighted by molar-refractivity contribution is -0.146. The lowest BCUT2D eigenvalue weighted by Crippen LogP contribution is -2.39. The summed E-state index contributed by atoms with van der Waals surface area (Å²) >= 11 is 0. The number of amides is 2. The van der Waals surface area contributed by atoms with E-state index in [4.69, 9.17) is 10.2 Å². The maximum Gasteiger partial charge on any atom is 0.332 e. The molecule has 2 atom stereocenters. The van der Waals surface area contributed by atoms with Crippen molar-refractivity contribution in [3.8, 4) is 0 Å². The lowest BCUT2D eigenvalue weighted by Gasteiger charge is -2.15. The molecule has 0 bridgehead atoms. The molecule has 0 fully saturated rings. The van der Waals surface area contributed by atoms with Crippen molar-refractivity contribution in [1.82, 2.24) is 20.6 Å².